The molecule has 0 amide bonds. The van der Waals surface area contributed by atoms with Crippen LogP contribution >= 0.6 is 0 Å². The number of rotatable bonds is 4. The molecule has 0 N–H and O–H groups in total. The third-order valence-electron chi connectivity index (χ3n) is 7.40. The smallest absolute Gasteiger partial charge is 1.00 e. The summed E-state index contributed by atoms with van der Waals surface area (Å²) in [5.41, 5.74) is 9.67. The molecule has 0 aromatic heterocycles. The monoisotopic (exact) mass is 616 g/mol. The van der Waals surface area contributed by atoms with Crippen LogP contribution < -0.4 is 52.8 Å². The fourth-order valence-electron chi connectivity index (χ4n) is 6.43. The first-order valence-corrected chi connectivity index (χ1v) is 15.5. The van der Waals surface area contributed by atoms with E-state index in [1.807, 2.05) is 0 Å². The van der Waals surface area contributed by atoms with Crippen LogP contribution in [0.4, 0.5) is 0 Å². The van der Waals surface area contributed by atoms with Crippen molar-refractivity contribution in [2.24, 2.45) is 5.41 Å². The van der Waals surface area contributed by atoms with Crippen LogP contribution in [0.3, 0.4) is 0 Å². The van der Waals surface area contributed by atoms with Crippen LogP contribution in [0.25, 0.3) is 0 Å². The molecule has 0 radical (unpaired) electrons. The molecular formula is C33H39Cl3SiTi. The molecule has 3 aromatic carbocycles. The van der Waals surface area contributed by atoms with Crippen LogP contribution in [-0.2, 0) is 20.4 Å². The van der Waals surface area contributed by atoms with Gasteiger partial charge >= 0.3 is 227 Å². The van der Waals surface area contributed by atoms with Crippen molar-refractivity contribution in [1.82, 2.24) is 0 Å². The number of hydrogen-bond acceptors (Lipinski definition) is 0. The summed E-state index contributed by atoms with van der Waals surface area (Å²) in [6.07, 6.45) is 7.28. The summed E-state index contributed by atoms with van der Waals surface area (Å²) < 4.78 is -0.105. The fourth-order valence-corrected chi connectivity index (χ4v) is 15.6. The van der Waals surface area contributed by atoms with Crippen molar-refractivity contribution < 1.29 is 57.7 Å². The van der Waals surface area contributed by atoms with Crippen LogP contribution in [0.1, 0.15) is 54.2 Å². The Labute approximate surface area is 262 Å². The Hall–Kier alpha value is -1.06. The van der Waals surface area contributed by atoms with Gasteiger partial charge < -0.3 is 37.2 Å². The molecule has 0 spiro atoms. The van der Waals surface area contributed by atoms with Gasteiger partial charge in [0.2, 0.25) is 0 Å². The first-order valence-electron chi connectivity index (χ1n) is 12.7. The van der Waals surface area contributed by atoms with Gasteiger partial charge in [0.15, 0.2) is 0 Å². The van der Waals surface area contributed by atoms with Crippen molar-refractivity contribution in [3.8, 4) is 0 Å². The van der Waals surface area contributed by atoms with Gasteiger partial charge in [-0.25, -0.2) is 0 Å². The van der Waals surface area contributed by atoms with Crippen molar-refractivity contribution in [1.29, 1.82) is 0 Å². The van der Waals surface area contributed by atoms with E-state index in [1.165, 1.54) is 54.5 Å². The van der Waals surface area contributed by atoms with Gasteiger partial charge in [0.1, 0.15) is 0 Å². The fraction of sp³-hybridized carbons (Fsp3) is 0.333. The molecule has 1 atom stereocenters. The Bertz CT molecular complexity index is 1180. The van der Waals surface area contributed by atoms with E-state index in [9.17, 15) is 0 Å². The first-order chi connectivity index (χ1) is 16.3. The minimum Gasteiger partial charge on any atom is -1.00 e. The minimum atomic E-state index is -2.63. The summed E-state index contributed by atoms with van der Waals surface area (Å²) in [5, 5.41) is 4.53. The second kappa shape index (κ2) is 12.6. The third kappa shape index (κ3) is 6.14. The summed E-state index contributed by atoms with van der Waals surface area (Å²) in [6.45, 7) is 20.7. The maximum atomic E-state index is 2.53. The molecule has 1 aliphatic carbocycles. The molecule has 200 valence electrons. The number of allylic oxidation sites excluding steroid dienone is 4. The second-order valence-corrected chi connectivity index (χ2v) is 17.9. The number of hydrogen-bond donors (Lipinski definition) is 0. The SMILES string of the molecule is Cc1cc(C)cc([Si](c2cc(C)cc(C)c2)(c2cc(C)cc(C)c2)[C]2([Ti+3])C=CC=C2C(C)(C)C)c1.[Cl-].[Cl-].[Cl-]. The summed E-state index contributed by atoms with van der Waals surface area (Å²) in [6, 6.07) is 21.9. The van der Waals surface area contributed by atoms with Crippen molar-refractivity contribution in [3.63, 3.8) is 0 Å². The zero-order chi connectivity index (χ0) is 25.8. The zero-order valence-corrected chi connectivity index (χ0v) is 28.9. The summed E-state index contributed by atoms with van der Waals surface area (Å²) in [4.78, 5) is 0. The molecular weight excluding hydrogens is 579 g/mol. The van der Waals surface area contributed by atoms with Gasteiger partial charge in [0.25, 0.3) is 0 Å². The van der Waals surface area contributed by atoms with Crippen LogP contribution in [0.15, 0.2) is 78.4 Å². The zero-order valence-electron chi connectivity index (χ0n) is 24.1. The second-order valence-electron chi connectivity index (χ2n) is 11.9. The van der Waals surface area contributed by atoms with Crippen molar-refractivity contribution in [2.75, 3.05) is 0 Å². The molecule has 0 saturated heterocycles. The van der Waals surface area contributed by atoms with E-state index in [4.69, 9.17) is 0 Å². The van der Waals surface area contributed by atoms with Crippen molar-refractivity contribution in [3.05, 3.63) is 112 Å². The van der Waals surface area contributed by atoms with E-state index in [0.717, 1.165) is 0 Å². The minimum absolute atomic E-state index is 0. The Kier molecular flexibility index (Phi) is 11.6. The molecule has 4 rings (SSSR count). The topological polar surface area (TPSA) is 0 Å². The van der Waals surface area contributed by atoms with Crippen molar-refractivity contribution >= 4 is 23.6 Å². The average molecular weight is 618 g/mol. The quantitative estimate of drug-likeness (QED) is 0.231. The molecule has 1 aliphatic rings. The normalized spacial score (nSPS) is 16.8. The number of halogens is 3. The molecule has 0 heterocycles. The Morgan fingerprint density at radius 3 is 1.11 bits per heavy atom. The summed E-state index contributed by atoms with van der Waals surface area (Å²) >= 11 is 2.53. The molecule has 0 bridgehead atoms. The predicted octanol–water partition coefficient (Wildman–Crippen LogP) is -2.19. The maximum Gasteiger partial charge on any atom is -1.00 e. The number of aryl methyl sites for hydroxylation is 6. The molecule has 0 fully saturated rings. The van der Waals surface area contributed by atoms with Gasteiger partial charge in [-0.05, 0) is 0 Å². The standard InChI is InChI=1S/C33H39Si.3ClH.Ti/c1-22-13-23(2)17-28(16-22)34(29-18-24(3)14-25(4)19-29,30-20-26(5)15-27(6)21-30)32-12-10-11-31(32)33(7,8)9;;;;/h10-21H,1-9H3;3*1H;/q;;;;+3/p-3. The van der Waals surface area contributed by atoms with E-state index in [1.54, 1.807) is 0 Å². The van der Waals surface area contributed by atoms with Crippen LogP contribution in [-0.4, -0.2) is 8.07 Å². The van der Waals surface area contributed by atoms with E-state index in [2.05, 4.69) is 156 Å². The largest absolute Gasteiger partial charge is 1.00 e. The van der Waals surface area contributed by atoms with E-state index in [-0.39, 0.29) is 46.0 Å². The van der Waals surface area contributed by atoms with Gasteiger partial charge in [0, 0.05) is 0 Å². The predicted molar refractivity (Wildman–Crippen MR) is 152 cm³/mol. The third-order valence-corrected chi connectivity index (χ3v) is 14.9. The molecule has 0 aliphatic heterocycles. The van der Waals surface area contributed by atoms with Crippen LogP contribution in [0.5, 0.6) is 0 Å². The van der Waals surface area contributed by atoms with Gasteiger partial charge in [-0.15, -0.1) is 0 Å². The molecule has 0 saturated carbocycles. The summed E-state index contributed by atoms with van der Waals surface area (Å²) in [7, 11) is -2.63. The van der Waals surface area contributed by atoms with Gasteiger partial charge in [-0.2, -0.15) is 0 Å². The molecule has 38 heavy (non-hydrogen) atoms. The van der Waals surface area contributed by atoms with E-state index >= 15 is 0 Å². The number of benzene rings is 3. The van der Waals surface area contributed by atoms with Gasteiger partial charge in [-0.1, -0.05) is 0 Å². The average Bonchev–Trinajstić information content (AvgIpc) is 3.09. The van der Waals surface area contributed by atoms with Crippen molar-refractivity contribution in [2.45, 2.75) is 65.7 Å². The van der Waals surface area contributed by atoms with E-state index < -0.39 is 8.07 Å². The first kappa shape index (κ1) is 35.0. The Balaban J connectivity index is 0.00000241. The van der Waals surface area contributed by atoms with Crippen LogP contribution in [0.2, 0.25) is 3.34 Å². The Morgan fingerprint density at radius 2 is 0.842 bits per heavy atom. The molecule has 0 nitrogen and oxygen atoms in total. The molecule has 5 heteroatoms. The van der Waals surface area contributed by atoms with Gasteiger partial charge in [-0.3, -0.25) is 0 Å². The van der Waals surface area contributed by atoms with Crippen LogP contribution in [0, 0.1) is 47.0 Å². The maximum absolute atomic E-state index is 2.63. The Morgan fingerprint density at radius 1 is 0.553 bits per heavy atom. The molecule has 3 aromatic rings. The molecule has 1 unspecified atom stereocenters. The van der Waals surface area contributed by atoms with Gasteiger partial charge in [0.05, 0.1) is 0 Å². The van der Waals surface area contributed by atoms with E-state index in [0.29, 0.717) is 0 Å². The summed E-state index contributed by atoms with van der Waals surface area (Å²) in [5.74, 6) is 0.